The van der Waals surface area contributed by atoms with E-state index in [1.807, 2.05) is 54.7 Å². The standard InChI is InChI=1S/C17H11N3O/c21-17(14-11-19-20-10-2-1-8-15(14)20)13-7-3-5-12-6-4-9-18-16(12)13/h1-11H. The zero-order chi connectivity index (χ0) is 14.2. The third kappa shape index (κ3) is 1.80. The molecular weight excluding hydrogens is 262 g/mol. The van der Waals surface area contributed by atoms with Gasteiger partial charge in [0.2, 0.25) is 0 Å². The van der Waals surface area contributed by atoms with Crippen molar-refractivity contribution in [1.82, 2.24) is 14.6 Å². The summed E-state index contributed by atoms with van der Waals surface area (Å²) >= 11 is 0. The Labute approximate surface area is 120 Å². The molecule has 0 bridgehead atoms. The summed E-state index contributed by atoms with van der Waals surface area (Å²) < 4.78 is 1.70. The van der Waals surface area contributed by atoms with Crippen LogP contribution >= 0.6 is 0 Å². The lowest BCUT2D eigenvalue weighted by molar-refractivity contribution is 0.104. The molecule has 0 saturated heterocycles. The number of aromatic nitrogens is 3. The van der Waals surface area contributed by atoms with Gasteiger partial charge in [0.1, 0.15) is 0 Å². The van der Waals surface area contributed by atoms with Gasteiger partial charge in [0.15, 0.2) is 5.78 Å². The molecule has 3 heterocycles. The Hall–Kier alpha value is -3.01. The average molecular weight is 273 g/mol. The van der Waals surface area contributed by atoms with Gasteiger partial charge < -0.3 is 0 Å². The van der Waals surface area contributed by atoms with E-state index in [2.05, 4.69) is 10.1 Å². The molecule has 0 aliphatic carbocycles. The zero-order valence-corrected chi connectivity index (χ0v) is 11.1. The first-order valence-electron chi connectivity index (χ1n) is 6.65. The van der Waals surface area contributed by atoms with Crippen LogP contribution in [0.1, 0.15) is 15.9 Å². The second-order valence-corrected chi connectivity index (χ2v) is 4.80. The SMILES string of the molecule is O=C(c1cccc2cccnc12)c1cnn2ccccc12. The van der Waals surface area contributed by atoms with Crippen molar-refractivity contribution >= 4 is 22.2 Å². The molecule has 0 radical (unpaired) electrons. The van der Waals surface area contributed by atoms with E-state index in [-0.39, 0.29) is 5.78 Å². The Morgan fingerprint density at radius 1 is 0.952 bits per heavy atom. The Morgan fingerprint density at radius 3 is 2.81 bits per heavy atom. The number of hydrogen-bond acceptors (Lipinski definition) is 3. The van der Waals surface area contributed by atoms with Crippen LogP contribution in [0.2, 0.25) is 0 Å². The molecule has 3 aromatic heterocycles. The molecule has 0 fully saturated rings. The Balaban J connectivity index is 1.95. The lowest BCUT2D eigenvalue weighted by atomic mass is 10.0. The minimum Gasteiger partial charge on any atom is -0.288 e. The highest BCUT2D eigenvalue weighted by molar-refractivity contribution is 6.18. The van der Waals surface area contributed by atoms with Crippen LogP contribution in [0.5, 0.6) is 0 Å². The predicted molar refractivity (Wildman–Crippen MR) is 80.4 cm³/mol. The number of nitrogens with zero attached hydrogens (tertiary/aromatic N) is 3. The van der Waals surface area contributed by atoms with Gasteiger partial charge in [0, 0.05) is 23.3 Å². The molecule has 4 nitrogen and oxygen atoms in total. The molecule has 4 rings (SSSR count). The van der Waals surface area contributed by atoms with Gasteiger partial charge in [0.25, 0.3) is 0 Å². The first-order chi connectivity index (χ1) is 10.3. The summed E-state index contributed by atoms with van der Waals surface area (Å²) in [5.74, 6) is -0.0551. The highest BCUT2D eigenvalue weighted by Crippen LogP contribution is 2.21. The summed E-state index contributed by atoms with van der Waals surface area (Å²) in [6.45, 7) is 0. The van der Waals surface area contributed by atoms with Gasteiger partial charge in [-0.25, -0.2) is 4.52 Å². The molecule has 0 N–H and O–H groups in total. The summed E-state index contributed by atoms with van der Waals surface area (Å²) in [5, 5.41) is 5.18. The van der Waals surface area contributed by atoms with E-state index in [0.717, 1.165) is 16.4 Å². The van der Waals surface area contributed by atoms with Crippen LogP contribution in [0.4, 0.5) is 0 Å². The first kappa shape index (κ1) is 11.8. The van der Waals surface area contributed by atoms with E-state index >= 15 is 0 Å². The number of ketones is 1. The number of para-hydroxylation sites is 1. The van der Waals surface area contributed by atoms with Crippen molar-refractivity contribution in [1.29, 1.82) is 0 Å². The van der Waals surface area contributed by atoms with E-state index in [9.17, 15) is 4.79 Å². The number of rotatable bonds is 2. The van der Waals surface area contributed by atoms with Gasteiger partial charge >= 0.3 is 0 Å². The highest BCUT2D eigenvalue weighted by Gasteiger charge is 2.17. The molecular formula is C17H11N3O. The molecule has 100 valence electrons. The van der Waals surface area contributed by atoms with E-state index < -0.39 is 0 Å². The van der Waals surface area contributed by atoms with Crippen LogP contribution in [-0.4, -0.2) is 20.4 Å². The molecule has 0 unspecified atom stereocenters. The maximum atomic E-state index is 12.8. The van der Waals surface area contributed by atoms with Crippen LogP contribution in [0.25, 0.3) is 16.4 Å². The van der Waals surface area contributed by atoms with Gasteiger partial charge in [-0.05, 0) is 24.3 Å². The monoisotopic (exact) mass is 273 g/mol. The molecule has 0 aliphatic heterocycles. The summed E-state index contributed by atoms with van der Waals surface area (Å²) in [6.07, 6.45) is 5.14. The van der Waals surface area contributed by atoms with Crippen LogP contribution in [0.3, 0.4) is 0 Å². The molecule has 0 amide bonds. The second kappa shape index (κ2) is 4.52. The average Bonchev–Trinajstić information content (AvgIpc) is 2.98. The lowest BCUT2D eigenvalue weighted by Gasteiger charge is -2.04. The minimum absolute atomic E-state index is 0.0551. The van der Waals surface area contributed by atoms with E-state index in [0.29, 0.717) is 11.1 Å². The normalized spacial score (nSPS) is 11.0. The first-order valence-corrected chi connectivity index (χ1v) is 6.65. The van der Waals surface area contributed by atoms with E-state index in [1.54, 1.807) is 16.9 Å². The highest BCUT2D eigenvalue weighted by atomic mass is 16.1. The van der Waals surface area contributed by atoms with E-state index in [1.165, 1.54) is 0 Å². The van der Waals surface area contributed by atoms with Gasteiger partial charge in [-0.15, -0.1) is 0 Å². The van der Waals surface area contributed by atoms with E-state index in [4.69, 9.17) is 0 Å². The third-order valence-corrected chi connectivity index (χ3v) is 3.55. The number of carbonyl (C=O) groups is 1. The van der Waals surface area contributed by atoms with Crippen molar-refractivity contribution in [3.05, 3.63) is 78.2 Å². The lowest BCUT2D eigenvalue weighted by Crippen LogP contribution is -2.02. The Morgan fingerprint density at radius 2 is 1.86 bits per heavy atom. The van der Waals surface area contributed by atoms with Crippen LogP contribution in [-0.2, 0) is 0 Å². The summed E-state index contributed by atoms with van der Waals surface area (Å²) in [6, 6.07) is 15.1. The van der Waals surface area contributed by atoms with Crippen molar-refractivity contribution in [2.24, 2.45) is 0 Å². The van der Waals surface area contributed by atoms with Crippen molar-refractivity contribution in [3.63, 3.8) is 0 Å². The van der Waals surface area contributed by atoms with Crippen LogP contribution in [0.15, 0.2) is 67.1 Å². The van der Waals surface area contributed by atoms with Gasteiger partial charge in [-0.2, -0.15) is 5.10 Å². The van der Waals surface area contributed by atoms with Gasteiger partial charge in [-0.1, -0.05) is 24.3 Å². The topological polar surface area (TPSA) is 47.3 Å². The quantitative estimate of drug-likeness (QED) is 0.527. The fourth-order valence-corrected chi connectivity index (χ4v) is 2.54. The Kier molecular flexibility index (Phi) is 2.54. The molecule has 0 aliphatic rings. The Bertz CT molecular complexity index is 967. The van der Waals surface area contributed by atoms with Crippen molar-refractivity contribution in [3.8, 4) is 0 Å². The second-order valence-electron chi connectivity index (χ2n) is 4.80. The summed E-state index contributed by atoms with van der Waals surface area (Å²) in [5.41, 5.74) is 2.72. The number of fused-ring (bicyclic) bond motifs is 2. The smallest absolute Gasteiger partial charge is 0.199 e. The molecule has 4 heteroatoms. The number of carbonyl (C=O) groups excluding carboxylic acids is 1. The maximum absolute atomic E-state index is 12.8. The van der Waals surface area contributed by atoms with Crippen molar-refractivity contribution in [2.75, 3.05) is 0 Å². The number of hydrogen-bond donors (Lipinski definition) is 0. The largest absolute Gasteiger partial charge is 0.288 e. The third-order valence-electron chi connectivity index (χ3n) is 3.55. The van der Waals surface area contributed by atoms with Gasteiger partial charge in [-0.3, -0.25) is 9.78 Å². The number of pyridine rings is 2. The minimum atomic E-state index is -0.0551. The van der Waals surface area contributed by atoms with Crippen LogP contribution < -0.4 is 0 Å². The molecule has 0 atom stereocenters. The molecule has 0 spiro atoms. The molecule has 4 aromatic rings. The van der Waals surface area contributed by atoms with Crippen LogP contribution in [0, 0.1) is 0 Å². The van der Waals surface area contributed by atoms with Gasteiger partial charge in [0.05, 0.1) is 22.8 Å². The van der Waals surface area contributed by atoms with Crippen molar-refractivity contribution < 1.29 is 4.79 Å². The number of benzene rings is 1. The fraction of sp³-hybridized carbons (Fsp3) is 0. The summed E-state index contributed by atoms with van der Waals surface area (Å²) in [4.78, 5) is 17.2. The predicted octanol–water partition coefficient (Wildman–Crippen LogP) is 3.11. The molecule has 0 saturated carbocycles. The fourth-order valence-electron chi connectivity index (χ4n) is 2.54. The molecule has 21 heavy (non-hydrogen) atoms. The van der Waals surface area contributed by atoms with Crippen molar-refractivity contribution in [2.45, 2.75) is 0 Å². The zero-order valence-electron chi connectivity index (χ0n) is 11.1. The molecule has 1 aromatic carbocycles. The maximum Gasteiger partial charge on any atom is 0.199 e. The summed E-state index contributed by atoms with van der Waals surface area (Å²) in [7, 11) is 0.